The van der Waals surface area contributed by atoms with Crippen LogP contribution in [0.4, 0.5) is 0 Å². The van der Waals surface area contributed by atoms with Crippen LogP contribution in [0.25, 0.3) is 44.9 Å². The minimum Gasteiger partial charge on any atom is -0.343 e. The van der Waals surface area contributed by atoms with E-state index in [9.17, 15) is 0 Å². The van der Waals surface area contributed by atoms with Gasteiger partial charge in [-0.2, -0.15) is 5.10 Å². The van der Waals surface area contributed by atoms with Crippen LogP contribution in [0.15, 0.2) is 61.3 Å². The molecule has 8 nitrogen and oxygen atoms in total. The number of aromatic amines is 1. The number of imidazole rings is 1. The Balaban J connectivity index is 1.52. The molecule has 0 aliphatic rings. The van der Waals surface area contributed by atoms with Crippen molar-refractivity contribution >= 4 is 11.0 Å². The normalized spacial score (nSPS) is 11.3. The molecule has 0 fully saturated rings. The number of rotatable bonds is 6. The summed E-state index contributed by atoms with van der Waals surface area (Å²) < 4.78 is 1.92. The van der Waals surface area contributed by atoms with Crippen molar-refractivity contribution in [3.8, 4) is 33.9 Å². The molecule has 5 rings (SSSR count). The van der Waals surface area contributed by atoms with E-state index in [1.165, 1.54) is 0 Å². The second kappa shape index (κ2) is 8.08. The summed E-state index contributed by atoms with van der Waals surface area (Å²) in [6.07, 6.45) is 7.42. The standard InChI is InChI=1S/C23H22N8/c1-15-4-3-5-19(29-15)22-23(27-14-26-22)20-7-6-18-21(30-20)10-16(11-25-18)17-12-28-31(13-17)9-8-24-2/h3-7,10-14,24H,8-9H2,1-2H3,(H,26,27). The van der Waals surface area contributed by atoms with Gasteiger partial charge in [0.25, 0.3) is 0 Å². The Kier molecular flexibility index (Phi) is 4.97. The first-order chi connectivity index (χ1) is 15.2. The van der Waals surface area contributed by atoms with E-state index in [2.05, 4.69) is 30.4 Å². The number of nitrogens with zero attached hydrogens (tertiary/aromatic N) is 6. The fourth-order valence-electron chi connectivity index (χ4n) is 3.52. The molecule has 0 aromatic carbocycles. The van der Waals surface area contributed by atoms with Gasteiger partial charge in [-0.05, 0) is 44.3 Å². The molecule has 0 spiro atoms. The Bertz CT molecular complexity index is 1350. The van der Waals surface area contributed by atoms with Gasteiger partial charge in [-0.1, -0.05) is 6.07 Å². The monoisotopic (exact) mass is 410 g/mol. The molecule has 0 amide bonds. The van der Waals surface area contributed by atoms with E-state index >= 15 is 0 Å². The van der Waals surface area contributed by atoms with E-state index in [1.54, 1.807) is 6.33 Å². The average Bonchev–Trinajstić information content (AvgIpc) is 3.47. The molecular formula is C23H22N8. The Labute approximate surface area is 179 Å². The van der Waals surface area contributed by atoms with Gasteiger partial charge in [0.05, 0.1) is 47.2 Å². The van der Waals surface area contributed by atoms with Crippen LogP contribution in [-0.4, -0.2) is 48.3 Å². The van der Waals surface area contributed by atoms with Crippen molar-refractivity contribution in [1.82, 2.24) is 40.0 Å². The Morgan fingerprint density at radius 1 is 0.968 bits per heavy atom. The summed E-state index contributed by atoms with van der Waals surface area (Å²) in [6, 6.07) is 11.9. The summed E-state index contributed by atoms with van der Waals surface area (Å²) >= 11 is 0. The maximum absolute atomic E-state index is 4.86. The number of hydrogen-bond acceptors (Lipinski definition) is 6. The van der Waals surface area contributed by atoms with Gasteiger partial charge in [0.1, 0.15) is 5.69 Å². The van der Waals surface area contributed by atoms with Crippen LogP contribution in [0.5, 0.6) is 0 Å². The van der Waals surface area contributed by atoms with Crippen molar-refractivity contribution in [2.75, 3.05) is 13.6 Å². The first kappa shape index (κ1) is 19.1. The van der Waals surface area contributed by atoms with Gasteiger partial charge in [-0.3, -0.25) is 14.6 Å². The Hall–Kier alpha value is -3.91. The van der Waals surface area contributed by atoms with Crippen LogP contribution in [-0.2, 0) is 6.54 Å². The summed E-state index contributed by atoms with van der Waals surface area (Å²) in [5, 5.41) is 7.56. The average molecular weight is 410 g/mol. The highest BCUT2D eigenvalue weighted by atomic mass is 15.3. The molecule has 5 aromatic rings. The van der Waals surface area contributed by atoms with Gasteiger partial charge >= 0.3 is 0 Å². The third-order valence-corrected chi connectivity index (χ3v) is 5.12. The van der Waals surface area contributed by atoms with Crippen LogP contribution in [0.1, 0.15) is 5.69 Å². The topological polar surface area (TPSA) is 97.2 Å². The van der Waals surface area contributed by atoms with E-state index in [4.69, 9.17) is 4.98 Å². The zero-order chi connectivity index (χ0) is 21.2. The summed E-state index contributed by atoms with van der Waals surface area (Å²) in [7, 11) is 1.93. The molecule has 0 radical (unpaired) electrons. The van der Waals surface area contributed by atoms with Crippen molar-refractivity contribution < 1.29 is 0 Å². The van der Waals surface area contributed by atoms with Crippen LogP contribution in [0, 0.1) is 6.92 Å². The lowest BCUT2D eigenvalue weighted by molar-refractivity contribution is 0.585. The second-order valence-electron chi connectivity index (χ2n) is 7.34. The van der Waals surface area contributed by atoms with Crippen LogP contribution < -0.4 is 5.32 Å². The molecule has 5 aromatic heterocycles. The lowest BCUT2D eigenvalue weighted by atomic mass is 10.1. The zero-order valence-corrected chi connectivity index (χ0v) is 17.4. The van der Waals surface area contributed by atoms with Crippen molar-refractivity contribution in [1.29, 1.82) is 0 Å². The lowest BCUT2D eigenvalue weighted by Gasteiger charge is -2.05. The zero-order valence-electron chi connectivity index (χ0n) is 17.4. The van der Waals surface area contributed by atoms with Gasteiger partial charge in [0.2, 0.25) is 0 Å². The molecule has 154 valence electrons. The molecule has 31 heavy (non-hydrogen) atoms. The Morgan fingerprint density at radius 3 is 2.77 bits per heavy atom. The van der Waals surface area contributed by atoms with E-state index in [0.29, 0.717) is 0 Å². The number of aryl methyl sites for hydroxylation is 1. The van der Waals surface area contributed by atoms with Crippen LogP contribution >= 0.6 is 0 Å². The molecule has 0 aliphatic heterocycles. The highest BCUT2D eigenvalue weighted by molar-refractivity contribution is 5.84. The number of nitrogens with one attached hydrogen (secondary N) is 2. The van der Waals surface area contributed by atoms with E-state index < -0.39 is 0 Å². The number of likely N-dealkylation sites (N-methyl/N-ethyl adjacent to an activating group) is 1. The number of H-pyrrole nitrogens is 1. The molecule has 5 heterocycles. The van der Waals surface area contributed by atoms with Crippen LogP contribution in [0.2, 0.25) is 0 Å². The first-order valence-corrected chi connectivity index (χ1v) is 10.1. The summed E-state index contributed by atoms with van der Waals surface area (Å²) in [5.41, 5.74) is 7.83. The predicted molar refractivity (Wildman–Crippen MR) is 120 cm³/mol. The number of hydrogen-bond donors (Lipinski definition) is 2. The van der Waals surface area contributed by atoms with Gasteiger partial charge in [-0.25, -0.2) is 9.97 Å². The van der Waals surface area contributed by atoms with E-state index in [1.807, 2.05) is 73.6 Å². The van der Waals surface area contributed by atoms with E-state index in [0.717, 1.165) is 63.7 Å². The molecule has 0 atom stereocenters. The van der Waals surface area contributed by atoms with Gasteiger partial charge in [0, 0.05) is 35.8 Å². The van der Waals surface area contributed by atoms with Gasteiger partial charge < -0.3 is 10.3 Å². The minimum atomic E-state index is 0.769. The fourth-order valence-corrected chi connectivity index (χ4v) is 3.52. The van der Waals surface area contributed by atoms with Gasteiger partial charge in [0.15, 0.2) is 0 Å². The lowest BCUT2D eigenvalue weighted by Crippen LogP contribution is -2.14. The summed E-state index contributed by atoms with van der Waals surface area (Å²) in [4.78, 5) is 21.8. The third kappa shape index (κ3) is 3.80. The summed E-state index contributed by atoms with van der Waals surface area (Å²) in [5.74, 6) is 0. The smallest absolute Gasteiger partial charge is 0.116 e. The number of aromatic nitrogens is 7. The maximum Gasteiger partial charge on any atom is 0.116 e. The number of pyridine rings is 3. The van der Waals surface area contributed by atoms with Crippen molar-refractivity contribution in [2.45, 2.75) is 13.5 Å². The Morgan fingerprint density at radius 2 is 1.90 bits per heavy atom. The highest BCUT2D eigenvalue weighted by Gasteiger charge is 2.14. The number of fused-ring (bicyclic) bond motifs is 1. The molecule has 0 unspecified atom stereocenters. The SMILES string of the molecule is CNCCn1cc(-c2cnc3ccc(-c4nc[nH]c4-c4cccc(C)n4)nc3c2)cn1. The largest absolute Gasteiger partial charge is 0.343 e. The predicted octanol–water partition coefficient (Wildman–Crippen LogP) is 3.47. The van der Waals surface area contributed by atoms with Crippen molar-refractivity contribution in [3.63, 3.8) is 0 Å². The molecule has 0 saturated heterocycles. The fraction of sp³-hybridized carbons (Fsp3) is 0.174. The van der Waals surface area contributed by atoms with Crippen LogP contribution in [0.3, 0.4) is 0 Å². The molecular weight excluding hydrogens is 388 g/mol. The third-order valence-electron chi connectivity index (χ3n) is 5.12. The van der Waals surface area contributed by atoms with Gasteiger partial charge in [-0.15, -0.1) is 0 Å². The first-order valence-electron chi connectivity index (χ1n) is 10.1. The molecule has 0 aliphatic carbocycles. The molecule has 2 N–H and O–H groups in total. The minimum absolute atomic E-state index is 0.769. The second-order valence-corrected chi connectivity index (χ2v) is 7.34. The molecule has 0 bridgehead atoms. The maximum atomic E-state index is 4.86. The van der Waals surface area contributed by atoms with Crippen molar-refractivity contribution in [2.24, 2.45) is 0 Å². The van der Waals surface area contributed by atoms with E-state index in [-0.39, 0.29) is 0 Å². The molecule has 8 heteroatoms. The molecule has 0 saturated carbocycles. The van der Waals surface area contributed by atoms with Crippen molar-refractivity contribution in [3.05, 3.63) is 67.0 Å². The summed E-state index contributed by atoms with van der Waals surface area (Å²) in [6.45, 7) is 3.65. The highest BCUT2D eigenvalue weighted by Crippen LogP contribution is 2.29. The quantitative estimate of drug-likeness (QED) is 0.445.